The van der Waals surface area contributed by atoms with Gasteiger partial charge in [-0.15, -0.1) is 0 Å². The maximum absolute atomic E-state index is 9.53. The number of hydrogen-bond donors (Lipinski definition) is 1. The Hall–Kier alpha value is -2.44. The van der Waals surface area contributed by atoms with E-state index in [2.05, 4.69) is 6.07 Å². The molecule has 0 unspecified atom stereocenters. The van der Waals surface area contributed by atoms with Gasteiger partial charge in [0.2, 0.25) is 0 Å². The summed E-state index contributed by atoms with van der Waals surface area (Å²) in [6, 6.07) is 21.1. The highest BCUT2D eigenvalue weighted by atomic mass is 32.2. The summed E-state index contributed by atoms with van der Waals surface area (Å²) >= 11 is 1.58. The lowest BCUT2D eigenvalue weighted by atomic mass is 10.1. The highest BCUT2D eigenvalue weighted by Gasteiger charge is 2.07. The van der Waals surface area contributed by atoms with Gasteiger partial charge in [0.15, 0.2) is 0 Å². The van der Waals surface area contributed by atoms with Gasteiger partial charge in [0.1, 0.15) is 5.75 Å². The molecule has 0 bridgehead atoms. The molecule has 0 aliphatic carbocycles. The summed E-state index contributed by atoms with van der Waals surface area (Å²) in [6.45, 7) is 0. The van der Waals surface area contributed by atoms with Crippen LogP contribution in [0, 0.1) is 11.3 Å². The molecule has 3 rings (SSSR count). The van der Waals surface area contributed by atoms with Gasteiger partial charge in [-0.3, -0.25) is 0 Å². The summed E-state index contributed by atoms with van der Waals surface area (Å²) in [5, 5.41) is 20.7. The third-order valence-corrected chi connectivity index (χ3v) is 4.12. The molecule has 1 N–H and O–H groups in total. The number of nitriles is 1. The molecule has 0 amide bonds. The summed E-state index contributed by atoms with van der Waals surface area (Å²) in [4.78, 5) is 2.05. The average Bonchev–Trinajstić information content (AvgIpc) is 2.48. The van der Waals surface area contributed by atoms with E-state index in [1.807, 2.05) is 48.5 Å². The Morgan fingerprint density at radius 1 is 0.900 bits per heavy atom. The van der Waals surface area contributed by atoms with Crippen LogP contribution in [0.1, 0.15) is 5.56 Å². The van der Waals surface area contributed by atoms with Gasteiger partial charge in [-0.2, -0.15) is 5.26 Å². The summed E-state index contributed by atoms with van der Waals surface area (Å²) in [5.74, 6) is 0.257. The van der Waals surface area contributed by atoms with Crippen molar-refractivity contribution in [3.63, 3.8) is 0 Å². The maximum atomic E-state index is 9.53. The van der Waals surface area contributed by atoms with Crippen molar-refractivity contribution in [2.45, 2.75) is 9.79 Å². The maximum Gasteiger partial charge on any atom is 0.116 e. The molecular weight excluding hydrogens is 266 g/mol. The predicted octanol–water partition coefficient (Wildman–Crippen LogP) is 4.57. The van der Waals surface area contributed by atoms with Crippen molar-refractivity contribution in [2.24, 2.45) is 0 Å². The molecule has 0 aliphatic heterocycles. The van der Waals surface area contributed by atoms with Crippen LogP contribution in [0.3, 0.4) is 0 Å². The Kier molecular flexibility index (Phi) is 3.32. The monoisotopic (exact) mass is 277 g/mol. The molecule has 0 spiro atoms. The summed E-state index contributed by atoms with van der Waals surface area (Å²) in [7, 11) is 0. The van der Waals surface area contributed by atoms with Crippen LogP contribution in [0.4, 0.5) is 0 Å². The van der Waals surface area contributed by atoms with Crippen molar-refractivity contribution >= 4 is 22.5 Å². The molecule has 0 aromatic heterocycles. The molecule has 0 aliphatic rings. The Labute approximate surface area is 121 Å². The SMILES string of the molecule is N#Cc1ccc(Sc2cccc(O)c2)c2ccccc12. The van der Waals surface area contributed by atoms with Crippen molar-refractivity contribution < 1.29 is 5.11 Å². The van der Waals surface area contributed by atoms with Crippen LogP contribution in [0.5, 0.6) is 5.75 Å². The molecule has 3 aromatic carbocycles. The van der Waals surface area contributed by atoms with E-state index in [0.29, 0.717) is 5.56 Å². The van der Waals surface area contributed by atoms with E-state index in [4.69, 9.17) is 5.26 Å². The van der Waals surface area contributed by atoms with E-state index in [1.54, 1.807) is 23.9 Å². The number of nitrogens with zero attached hydrogens (tertiary/aromatic N) is 1. The largest absolute Gasteiger partial charge is 0.508 e. The molecular formula is C17H11NOS. The van der Waals surface area contributed by atoms with Gasteiger partial charge < -0.3 is 5.11 Å². The molecule has 0 radical (unpaired) electrons. The third kappa shape index (κ3) is 2.34. The van der Waals surface area contributed by atoms with Crippen LogP contribution in [-0.2, 0) is 0 Å². The van der Waals surface area contributed by atoms with Crippen molar-refractivity contribution in [1.29, 1.82) is 5.26 Å². The number of rotatable bonds is 2. The smallest absolute Gasteiger partial charge is 0.116 e. The first kappa shape index (κ1) is 12.6. The average molecular weight is 277 g/mol. The predicted molar refractivity (Wildman–Crippen MR) is 80.9 cm³/mol. The minimum atomic E-state index is 0.257. The fourth-order valence-corrected chi connectivity index (χ4v) is 3.14. The highest BCUT2D eigenvalue weighted by Crippen LogP contribution is 2.35. The topological polar surface area (TPSA) is 44.0 Å². The summed E-state index contributed by atoms with van der Waals surface area (Å²) < 4.78 is 0. The standard InChI is InChI=1S/C17H11NOS/c18-11-12-8-9-17(16-7-2-1-6-15(12)16)20-14-5-3-4-13(19)10-14/h1-10,19H. The minimum absolute atomic E-state index is 0.257. The Bertz CT molecular complexity index is 821. The lowest BCUT2D eigenvalue weighted by Gasteiger charge is -2.08. The van der Waals surface area contributed by atoms with Crippen LogP contribution >= 0.6 is 11.8 Å². The minimum Gasteiger partial charge on any atom is -0.508 e. The second-order valence-electron chi connectivity index (χ2n) is 4.37. The third-order valence-electron chi connectivity index (χ3n) is 3.05. The van der Waals surface area contributed by atoms with Gasteiger partial charge >= 0.3 is 0 Å². The van der Waals surface area contributed by atoms with Gasteiger partial charge in [0.25, 0.3) is 0 Å². The quantitative estimate of drug-likeness (QED) is 0.746. The van der Waals surface area contributed by atoms with E-state index in [1.165, 1.54) is 0 Å². The number of phenolic OH excluding ortho intramolecular Hbond substituents is 1. The fourth-order valence-electron chi connectivity index (χ4n) is 2.13. The zero-order valence-corrected chi connectivity index (χ0v) is 11.4. The molecule has 0 saturated carbocycles. The molecule has 0 atom stereocenters. The summed E-state index contributed by atoms with van der Waals surface area (Å²) in [5.41, 5.74) is 0.681. The molecule has 0 saturated heterocycles. The van der Waals surface area contributed by atoms with Crippen LogP contribution in [0.25, 0.3) is 10.8 Å². The van der Waals surface area contributed by atoms with Crippen molar-refractivity contribution in [3.05, 3.63) is 66.2 Å². The molecule has 0 fully saturated rings. The highest BCUT2D eigenvalue weighted by molar-refractivity contribution is 7.99. The van der Waals surface area contributed by atoms with Crippen LogP contribution in [0.2, 0.25) is 0 Å². The lowest BCUT2D eigenvalue weighted by Crippen LogP contribution is -1.83. The summed E-state index contributed by atoms with van der Waals surface area (Å²) in [6.07, 6.45) is 0. The van der Waals surface area contributed by atoms with Crippen molar-refractivity contribution in [2.75, 3.05) is 0 Å². The zero-order valence-electron chi connectivity index (χ0n) is 10.6. The number of hydrogen-bond acceptors (Lipinski definition) is 3. The molecule has 3 aromatic rings. The molecule has 3 heteroatoms. The molecule has 2 nitrogen and oxygen atoms in total. The van der Waals surface area contributed by atoms with Crippen molar-refractivity contribution in [3.8, 4) is 11.8 Å². The Balaban J connectivity index is 2.11. The Morgan fingerprint density at radius 2 is 1.70 bits per heavy atom. The first-order valence-electron chi connectivity index (χ1n) is 6.16. The molecule has 96 valence electrons. The number of fused-ring (bicyclic) bond motifs is 1. The normalized spacial score (nSPS) is 10.3. The fraction of sp³-hybridized carbons (Fsp3) is 0. The van der Waals surface area contributed by atoms with Gasteiger partial charge in [0.05, 0.1) is 11.6 Å². The van der Waals surface area contributed by atoms with Gasteiger partial charge in [0, 0.05) is 15.2 Å². The Morgan fingerprint density at radius 3 is 2.45 bits per heavy atom. The van der Waals surface area contributed by atoms with E-state index >= 15 is 0 Å². The first-order valence-corrected chi connectivity index (χ1v) is 6.98. The van der Waals surface area contributed by atoms with E-state index in [9.17, 15) is 5.11 Å². The van der Waals surface area contributed by atoms with Crippen LogP contribution in [-0.4, -0.2) is 5.11 Å². The zero-order chi connectivity index (χ0) is 13.9. The van der Waals surface area contributed by atoms with Crippen molar-refractivity contribution in [1.82, 2.24) is 0 Å². The molecule has 20 heavy (non-hydrogen) atoms. The van der Waals surface area contributed by atoms with E-state index in [-0.39, 0.29) is 5.75 Å². The number of phenols is 1. The second-order valence-corrected chi connectivity index (χ2v) is 5.48. The second kappa shape index (κ2) is 5.28. The number of benzene rings is 3. The lowest BCUT2D eigenvalue weighted by molar-refractivity contribution is 0.474. The van der Waals surface area contributed by atoms with Crippen LogP contribution < -0.4 is 0 Å². The van der Waals surface area contributed by atoms with E-state index < -0.39 is 0 Å². The first-order chi connectivity index (χ1) is 9.78. The van der Waals surface area contributed by atoms with E-state index in [0.717, 1.165) is 20.6 Å². The van der Waals surface area contributed by atoms with Gasteiger partial charge in [-0.25, -0.2) is 0 Å². The molecule has 0 heterocycles. The van der Waals surface area contributed by atoms with Gasteiger partial charge in [-0.05, 0) is 35.7 Å². The van der Waals surface area contributed by atoms with Crippen LogP contribution in [0.15, 0.2) is 70.5 Å². The van der Waals surface area contributed by atoms with Gasteiger partial charge in [-0.1, -0.05) is 42.1 Å². The number of aromatic hydroxyl groups is 1.